The molecule has 6 heteroatoms. The molecule has 3 N–H and O–H groups in total. The number of hydrogen-bond acceptors (Lipinski definition) is 5. The van der Waals surface area contributed by atoms with Crippen LogP contribution in [0.1, 0.15) is 18.4 Å². The van der Waals surface area contributed by atoms with Crippen molar-refractivity contribution in [3.8, 4) is 22.8 Å². The first-order chi connectivity index (χ1) is 13.7. The summed E-state index contributed by atoms with van der Waals surface area (Å²) in [6, 6.07) is 18.8. The molecule has 2 aliphatic rings. The number of nitrogens with two attached hydrogens (primary N) is 1. The lowest BCUT2D eigenvalue weighted by Crippen LogP contribution is -2.28. The Bertz CT molecular complexity index is 1080. The number of amides is 1. The zero-order valence-electron chi connectivity index (χ0n) is 15.1. The van der Waals surface area contributed by atoms with Gasteiger partial charge >= 0.3 is 0 Å². The molecule has 1 amide bonds. The molecule has 2 heterocycles. The molecule has 1 saturated carbocycles. The lowest BCUT2D eigenvalue weighted by molar-refractivity contribution is -0.118. The summed E-state index contributed by atoms with van der Waals surface area (Å²) in [5.74, 6) is 1.86. The van der Waals surface area contributed by atoms with Gasteiger partial charge in [-0.2, -0.15) is 0 Å². The Morgan fingerprint density at radius 2 is 1.82 bits per heavy atom. The summed E-state index contributed by atoms with van der Waals surface area (Å²) in [6.45, 7) is 0.220. The predicted octanol–water partition coefficient (Wildman–Crippen LogP) is 3.73. The van der Waals surface area contributed by atoms with Crippen LogP contribution >= 0.6 is 0 Å². The molecule has 0 atom stereocenters. The number of fused-ring (bicyclic) bond motifs is 1. The molecule has 0 spiro atoms. The highest BCUT2D eigenvalue weighted by molar-refractivity contribution is 6.01. The lowest BCUT2D eigenvalue weighted by atomic mass is 9.94. The first kappa shape index (κ1) is 16.6. The van der Waals surface area contributed by atoms with Crippen LogP contribution in [0.5, 0.6) is 11.5 Å². The number of aromatic nitrogens is 1. The average molecular weight is 373 g/mol. The summed E-state index contributed by atoms with van der Waals surface area (Å²) >= 11 is 0. The van der Waals surface area contributed by atoms with Crippen LogP contribution in [0.3, 0.4) is 0 Å². The second-order valence-corrected chi connectivity index (χ2v) is 7.10. The minimum atomic E-state index is -0.537. The monoisotopic (exact) mass is 373 g/mol. The average Bonchev–Trinajstić information content (AvgIpc) is 3.40. The molecule has 3 aromatic rings. The smallest absolute Gasteiger partial charge is 0.236 e. The van der Waals surface area contributed by atoms with Crippen LogP contribution in [-0.2, 0) is 10.2 Å². The van der Waals surface area contributed by atoms with Crippen molar-refractivity contribution in [3.05, 3.63) is 66.2 Å². The van der Waals surface area contributed by atoms with E-state index >= 15 is 0 Å². The maximum absolute atomic E-state index is 13.1. The number of nitrogens with one attached hydrogen (secondary N) is 1. The fourth-order valence-electron chi connectivity index (χ4n) is 3.59. The molecular weight excluding hydrogens is 354 g/mol. The van der Waals surface area contributed by atoms with E-state index in [0.29, 0.717) is 17.3 Å². The summed E-state index contributed by atoms with van der Waals surface area (Å²) in [4.78, 5) is 17.6. The van der Waals surface area contributed by atoms with E-state index in [0.717, 1.165) is 35.4 Å². The standard InChI is InChI=1S/C22H19N3O3/c23-16-5-2-1-4-15(16)17-6-3-7-20(24-17)25-21(26)22(10-11-22)14-8-9-18-19(12-14)28-13-27-18/h1-9,12H,10-11,13,23H2,(H,24,25,26). The third kappa shape index (κ3) is 2.74. The number of hydrogen-bond donors (Lipinski definition) is 2. The van der Waals surface area contributed by atoms with E-state index in [2.05, 4.69) is 10.3 Å². The Morgan fingerprint density at radius 3 is 2.64 bits per heavy atom. The third-order valence-corrected chi connectivity index (χ3v) is 5.34. The maximum Gasteiger partial charge on any atom is 0.236 e. The number of nitrogens with zero attached hydrogens (tertiary/aromatic N) is 1. The van der Waals surface area contributed by atoms with Gasteiger partial charge in [-0.25, -0.2) is 4.98 Å². The number of ether oxygens (including phenoxy) is 2. The zero-order valence-corrected chi connectivity index (χ0v) is 15.1. The molecule has 1 aromatic heterocycles. The Balaban J connectivity index is 1.40. The van der Waals surface area contributed by atoms with E-state index in [1.165, 1.54) is 0 Å². The number of para-hydroxylation sites is 1. The molecule has 0 unspecified atom stereocenters. The van der Waals surface area contributed by atoms with E-state index in [1.54, 1.807) is 6.07 Å². The van der Waals surface area contributed by atoms with Gasteiger partial charge in [0.1, 0.15) is 5.82 Å². The lowest BCUT2D eigenvalue weighted by Gasteiger charge is -2.16. The second kappa shape index (κ2) is 6.27. The summed E-state index contributed by atoms with van der Waals surface area (Å²) in [5.41, 5.74) is 8.68. The van der Waals surface area contributed by atoms with Crippen LogP contribution < -0.4 is 20.5 Å². The van der Waals surface area contributed by atoms with Crippen LogP contribution in [0.25, 0.3) is 11.3 Å². The van der Waals surface area contributed by atoms with Crippen molar-refractivity contribution in [3.63, 3.8) is 0 Å². The van der Waals surface area contributed by atoms with Gasteiger partial charge in [-0.05, 0) is 48.7 Å². The fraction of sp³-hybridized carbons (Fsp3) is 0.182. The molecule has 1 aliphatic carbocycles. The van der Waals surface area contributed by atoms with E-state index in [-0.39, 0.29) is 12.7 Å². The van der Waals surface area contributed by atoms with Crippen molar-refractivity contribution >= 4 is 17.4 Å². The predicted molar refractivity (Wildman–Crippen MR) is 106 cm³/mol. The van der Waals surface area contributed by atoms with E-state index in [4.69, 9.17) is 15.2 Å². The fourth-order valence-corrected chi connectivity index (χ4v) is 3.59. The summed E-state index contributed by atoms with van der Waals surface area (Å²) in [7, 11) is 0. The van der Waals surface area contributed by atoms with Crippen molar-refractivity contribution in [2.75, 3.05) is 17.8 Å². The third-order valence-electron chi connectivity index (χ3n) is 5.34. The number of nitrogen functional groups attached to an aromatic ring is 1. The molecule has 28 heavy (non-hydrogen) atoms. The molecule has 140 valence electrons. The summed E-state index contributed by atoms with van der Waals surface area (Å²) in [6.07, 6.45) is 1.59. The highest BCUT2D eigenvalue weighted by atomic mass is 16.7. The largest absolute Gasteiger partial charge is 0.454 e. The van der Waals surface area contributed by atoms with Crippen molar-refractivity contribution in [1.82, 2.24) is 4.98 Å². The molecule has 5 rings (SSSR count). The molecule has 0 bridgehead atoms. The molecule has 1 fully saturated rings. The Hall–Kier alpha value is -3.54. The van der Waals surface area contributed by atoms with Gasteiger partial charge in [-0.15, -0.1) is 0 Å². The van der Waals surface area contributed by atoms with Crippen LogP contribution in [0, 0.1) is 0 Å². The van der Waals surface area contributed by atoms with Crippen LogP contribution in [0.2, 0.25) is 0 Å². The highest BCUT2D eigenvalue weighted by Crippen LogP contribution is 2.51. The number of pyridine rings is 1. The van der Waals surface area contributed by atoms with E-state index in [1.807, 2.05) is 54.6 Å². The molecule has 0 saturated heterocycles. The van der Waals surface area contributed by atoms with E-state index in [9.17, 15) is 4.79 Å². The quantitative estimate of drug-likeness (QED) is 0.681. The van der Waals surface area contributed by atoms with Crippen molar-refractivity contribution in [1.29, 1.82) is 0 Å². The van der Waals surface area contributed by atoms with Gasteiger partial charge in [-0.3, -0.25) is 4.79 Å². The van der Waals surface area contributed by atoms with Gasteiger partial charge < -0.3 is 20.5 Å². The normalized spacial score (nSPS) is 15.9. The first-order valence-electron chi connectivity index (χ1n) is 9.19. The van der Waals surface area contributed by atoms with Crippen LogP contribution in [0.4, 0.5) is 11.5 Å². The number of carbonyl (C=O) groups is 1. The number of benzene rings is 2. The Kier molecular flexibility index (Phi) is 3.72. The summed E-state index contributed by atoms with van der Waals surface area (Å²) < 4.78 is 10.8. The van der Waals surface area contributed by atoms with Gasteiger partial charge in [-0.1, -0.05) is 30.3 Å². The number of anilines is 2. The molecular formula is C22H19N3O3. The highest BCUT2D eigenvalue weighted by Gasteiger charge is 2.51. The minimum absolute atomic E-state index is 0.0583. The summed E-state index contributed by atoms with van der Waals surface area (Å²) in [5, 5.41) is 2.98. The molecule has 0 radical (unpaired) electrons. The van der Waals surface area contributed by atoms with Crippen molar-refractivity contribution in [2.45, 2.75) is 18.3 Å². The molecule has 2 aromatic carbocycles. The van der Waals surface area contributed by atoms with Crippen LogP contribution in [0.15, 0.2) is 60.7 Å². The molecule has 6 nitrogen and oxygen atoms in total. The first-order valence-corrected chi connectivity index (χ1v) is 9.19. The molecule has 1 aliphatic heterocycles. The SMILES string of the molecule is Nc1ccccc1-c1cccc(NC(=O)C2(c3ccc4c(c3)OCO4)CC2)n1. The van der Waals surface area contributed by atoms with Gasteiger partial charge in [0.25, 0.3) is 0 Å². The number of rotatable bonds is 4. The van der Waals surface area contributed by atoms with Gasteiger partial charge in [0.05, 0.1) is 11.1 Å². The van der Waals surface area contributed by atoms with E-state index < -0.39 is 5.41 Å². The van der Waals surface area contributed by atoms with Gasteiger partial charge in [0.15, 0.2) is 11.5 Å². The number of carbonyl (C=O) groups excluding carboxylic acids is 1. The van der Waals surface area contributed by atoms with Crippen molar-refractivity contribution < 1.29 is 14.3 Å². The minimum Gasteiger partial charge on any atom is -0.454 e. The maximum atomic E-state index is 13.1. The van der Waals surface area contributed by atoms with Gasteiger partial charge in [0.2, 0.25) is 12.7 Å². The Labute approximate surface area is 162 Å². The van der Waals surface area contributed by atoms with Crippen molar-refractivity contribution in [2.24, 2.45) is 0 Å². The topological polar surface area (TPSA) is 86.5 Å². The van der Waals surface area contributed by atoms with Gasteiger partial charge in [0, 0.05) is 11.3 Å². The second-order valence-electron chi connectivity index (χ2n) is 7.10. The van der Waals surface area contributed by atoms with Crippen LogP contribution in [-0.4, -0.2) is 17.7 Å². The Morgan fingerprint density at radius 1 is 1.00 bits per heavy atom. The zero-order chi connectivity index (χ0) is 19.1.